The van der Waals surface area contributed by atoms with Gasteiger partial charge < -0.3 is 9.80 Å². The second-order valence-electron chi connectivity index (χ2n) is 9.63. The lowest BCUT2D eigenvalue weighted by Gasteiger charge is -2.39. The van der Waals surface area contributed by atoms with Gasteiger partial charge in [0.25, 0.3) is 5.91 Å². The minimum atomic E-state index is -0.571. The van der Waals surface area contributed by atoms with Crippen LogP contribution in [-0.2, 0) is 10.8 Å². The van der Waals surface area contributed by atoms with Gasteiger partial charge in [-0.2, -0.15) is 0 Å². The van der Waals surface area contributed by atoms with Crippen molar-refractivity contribution in [3.63, 3.8) is 0 Å². The van der Waals surface area contributed by atoms with Crippen LogP contribution in [0.2, 0.25) is 0 Å². The summed E-state index contributed by atoms with van der Waals surface area (Å²) >= 11 is 1.65. The zero-order valence-corrected chi connectivity index (χ0v) is 22.7. The summed E-state index contributed by atoms with van der Waals surface area (Å²) in [6, 6.07) is 11.9. The highest BCUT2D eigenvalue weighted by molar-refractivity contribution is 7.85. The Morgan fingerprint density at radius 2 is 1.56 bits per heavy atom. The van der Waals surface area contributed by atoms with Crippen molar-refractivity contribution >= 4 is 28.0 Å². The summed E-state index contributed by atoms with van der Waals surface area (Å²) in [5.74, 6) is 2.62. The number of carbonyl (C=O) groups is 1. The summed E-state index contributed by atoms with van der Waals surface area (Å²) in [6.45, 7) is 10.2. The maximum Gasteiger partial charge on any atom is 0.264 e. The predicted molar refractivity (Wildman–Crippen MR) is 145 cm³/mol. The fraction of sp³-hybridized carbons (Fsp3) is 0.607. The van der Waals surface area contributed by atoms with Crippen molar-refractivity contribution in [2.24, 2.45) is 0 Å². The maximum absolute atomic E-state index is 12.8. The first-order chi connectivity index (χ1) is 16.6. The third kappa shape index (κ3) is 5.83. The summed E-state index contributed by atoms with van der Waals surface area (Å²) < 4.78 is 11.6. The Morgan fingerprint density at radius 1 is 0.941 bits per heavy atom. The Hall–Kier alpha value is -1.50. The second kappa shape index (κ2) is 12.0. The molecule has 0 bridgehead atoms. The van der Waals surface area contributed by atoms with Gasteiger partial charge in [-0.15, -0.1) is 11.3 Å². The van der Waals surface area contributed by atoms with E-state index in [0.717, 1.165) is 73.8 Å². The zero-order valence-electron chi connectivity index (χ0n) is 21.1. The molecule has 186 valence electrons. The first kappa shape index (κ1) is 25.6. The molecule has 3 fully saturated rings. The second-order valence-corrected chi connectivity index (χ2v) is 12.4. The van der Waals surface area contributed by atoms with Gasteiger partial charge in [0.1, 0.15) is 0 Å². The van der Waals surface area contributed by atoms with Gasteiger partial charge in [-0.3, -0.25) is 9.00 Å². The van der Waals surface area contributed by atoms with E-state index in [4.69, 9.17) is 0 Å². The van der Waals surface area contributed by atoms with Gasteiger partial charge in [-0.1, -0.05) is 38.1 Å². The highest BCUT2D eigenvalue weighted by Gasteiger charge is 2.28. The first-order valence-electron chi connectivity index (χ1n) is 13.2. The third-order valence-electron chi connectivity index (χ3n) is 7.58. The molecule has 0 unspecified atom stereocenters. The molecule has 0 N–H and O–H groups in total. The molecule has 0 radical (unpaired) electrons. The van der Waals surface area contributed by atoms with E-state index >= 15 is 0 Å². The molecular weight excluding hydrogens is 460 g/mol. The minimum Gasteiger partial charge on any atom is -0.338 e. The SMILES string of the molecule is CC.Cc1cc(-c2ccc(C3CCN(C4CCS(=O)CC4)CC3)cc2)sc1C(=O)N1CCCC1. The van der Waals surface area contributed by atoms with E-state index in [1.54, 1.807) is 11.3 Å². The average molecular weight is 501 g/mol. The van der Waals surface area contributed by atoms with Gasteiger partial charge in [-0.05, 0) is 87.2 Å². The van der Waals surface area contributed by atoms with Crippen LogP contribution in [0.3, 0.4) is 0 Å². The number of thiophene rings is 1. The van der Waals surface area contributed by atoms with Crippen LogP contribution < -0.4 is 0 Å². The van der Waals surface area contributed by atoms with Crippen molar-refractivity contribution in [3.8, 4) is 10.4 Å². The van der Waals surface area contributed by atoms with Gasteiger partial charge in [0.2, 0.25) is 0 Å². The molecule has 3 aliphatic rings. The monoisotopic (exact) mass is 500 g/mol. The van der Waals surface area contributed by atoms with E-state index in [1.807, 2.05) is 18.7 Å². The number of rotatable bonds is 4. The molecular formula is C28H40N2O2S2. The van der Waals surface area contributed by atoms with Gasteiger partial charge in [0, 0.05) is 46.3 Å². The van der Waals surface area contributed by atoms with E-state index in [0.29, 0.717) is 12.0 Å². The molecule has 0 atom stereocenters. The van der Waals surface area contributed by atoms with Crippen LogP contribution in [0.25, 0.3) is 10.4 Å². The fourth-order valence-electron chi connectivity index (χ4n) is 5.56. The molecule has 4 heterocycles. The Morgan fingerprint density at radius 3 is 2.18 bits per heavy atom. The van der Waals surface area contributed by atoms with Crippen LogP contribution in [0.1, 0.15) is 79.1 Å². The summed E-state index contributed by atoms with van der Waals surface area (Å²) in [5.41, 5.74) is 3.76. The number of aryl methyl sites for hydroxylation is 1. The lowest BCUT2D eigenvalue weighted by atomic mass is 9.88. The molecule has 3 saturated heterocycles. The number of amides is 1. The Kier molecular flexibility index (Phi) is 9.00. The number of hydrogen-bond donors (Lipinski definition) is 0. The topological polar surface area (TPSA) is 40.6 Å². The number of nitrogens with zero attached hydrogens (tertiary/aromatic N) is 2. The summed E-state index contributed by atoms with van der Waals surface area (Å²) in [5, 5.41) is 0. The highest BCUT2D eigenvalue weighted by Crippen LogP contribution is 2.35. The predicted octanol–water partition coefficient (Wildman–Crippen LogP) is 6.08. The molecule has 34 heavy (non-hydrogen) atoms. The van der Waals surface area contributed by atoms with Gasteiger partial charge in [0.05, 0.1) is 4.88 Å². The quantitative estimate of drug-likeness (QED) is 0.511. The number of benzene rings is 1. The van der Waals surface area contributed by atoms with Crippen LogP contribution in [0.15, 0.2) is 30.3 Å². The van der Waals surface area contributed by atoms with Crippen molar-refractivity contribution in [1.29, 1.82) is 0 Å². The molecule has 6 heteroatoms. The number of likely N-dealkylation sites (tertiary alicyclic amines) is 2. The van der Waals surface area contributed by atoms with Crippen molar-refractivity contribution in [3.05, 3.63) is 46.3 Å². The van der Waals surface area contributed by atoms with Gasteiger partial charge in [0.15, 0.2) is 0 Å². The third-order valence-corrected chi connectivity index (χ3v) is 10.2. The molecule has 0 spiro atoms. The molecule has 5 rings (SSSR count). The van der Waals surface area contributed by atoms with E-state index in [-0.39, 0.29) is 5.91 Å². The Balaban J connectivity index is 0.00000133. The fourth-order valence-corrected chi connectivity index (χ4v) is 7.98. The lowest BCUT2D eigenvalue weighted by Crippen LogP contribution is -2.44. The summed E-state index contributed by atoms with van der Waals surface area (Å²) in [4.78, 5) is 19.6. The summed E-state index contributed by atoms with van der Waals surface area (Å²) in [7, 11) is -0.571. The molecule has 0 saturated carbocycles. The minimum absolute atomic E-state index is 0.212. The zero-order chi connectivity index (χ0) is 24.1. The maximum atomic E-state index is 12.8. The van der Waals surface area contributed by atoms with Crippen molar-refractivity contribution in [2.75, 3.05) is 37.7 Å². The smallest absolute Gasteiger partial charge is 0.264 e. The largest absolute Gasteiger partial charge is 0.338 e. The van der Waals surface area contributed by atoms with E-state index in [9.17, 15) is 9.00 Å². The van der Waals surface area contributed by atoms with Crippen LogP contribution in [-0.4, -0.2) is 63.6 Å². The molecule has 3 aliphatic heterocycles. The standard InChI is InChI=1S/C26H34N2O2S2.C2H6/c1-19-18-24(31-25(19)26(29)28-12-2-3-13-28)22-6-4-20(5-7-22)21-8-14-27(15-9-21)23-10-16-32(30)17-11-23;1-2/h4-7,18,21,23H,2-3,8-17H2,1H3;1-2H3. The molecule has 1 aromatic carbocycles. The molecule has 2 aromatic rings. The van der Waals surface area contributed by atoms with Crippen molar-refractivity contribution in [1.82, 2.24) is 9.80 Å². The first-order valence-corrected chi connectivity index (χ1v) is 15.5. The normalized spacial score (nSPS) is 24.0. The molecule has 0 aliphatic carbocycles. The van der Waals surface area contributed by atoms with Crippen LogP contribution in [0.5, 0.6) is 0 Å². The van der Waals surface area contributed by atoms with Crippen LogP contribution in [0, 0.1) is 6.92 Å². The Bertz CT molecular complexity index is 961. The summed E-state index contributed by atoms with van der Waals surface area (Å²) in [6.07, 6.45) is 6.90. The van der Waals surface area contributed by atoms with Crippen molar-refractivity contribution < 1.29 is 9.00 Å². The van der Waals surface area contributed by atoms with Crippen LogP contribution in [0.4, 0.5) is 0 Å². The van der Waals surface area contributed by atoms with E-state index < -0.39 is 10.8 Å². The van der Waals surface area contributed by atoms with Crippen LogP contribution >= 0.6 is 11.3 Å². The Labute approximate surface area is 212 Å². The number of piperidine rings is 1. The molecule has 1 amide bonds. The lowest BCUT2D eigenvalue weighted by molar-refractivity contribution is 0.0797. The van der Waals surface area contributed by atoms with E-state index in [1.165, 1.54) is 28.8 Å². The molecule has 4 nitrogen and oxygen atoms in total. The average Bonchev–Trinajstić information content (AvgIpc) is 3.56. The van der Waals surface area contributed by atoms with Gasteiger partial charge in [-0.25, -0.2) is 0 Å². The number of hydrogen-bond acceptors (Lipinski definition) is 4. The van der Waals surface area contributed by atoms with Crippen molar-refractivity contribution in [2.45, 2.75) is 71.3 Å². The van der Waals surface area contributed by atoms with E-state index in [2.05, 4.69) is 42.2 Å². The highest BCUT2D eigenvalue weighted by atomic mass is 32.2. The molecule has 1 aromatic heterocycles. The van der Waals surface area contributed by atoms with Gasteiger partial charge >= 0.3 is 0 Å². The number of carbonyl (C=O) groups excluding carboxylic acids is 1.